The second-order valence-electron chi connectivity index (χ2n) is 3.55. The van der Waals surface area contributed by atoms with Crippen LogP contribution >= 0.6 is 0 Å². The molecule has 0 aromatic rings. The Balaban J connectivity index is 4.24. The Morgan fingerprint density at radius 3 is 1.90 bits per heavy atom. The van der Waals surface area contributed by atoms with E-state index in [1.165, 1.54) is 5.70 Å². The summed E-state index contributed by atoms with van der Waals surface area (Å²) in [5.41, 5.74) is 1.30. The van der Waals surface area contributed by atoms with Gasteiger partial charge < -0.3 is 0 Å². The van der Waals surface area contributed by atoms with E-state index in [-0.39, 0.29) is 0 Å². The molecule has 0 N–H and O–H groups in total. The molecule has 1 nitrogen and oxygen atoms in total. The van der Waals surface area contributed by atoms with Crippen LogP contribution in [-0.4, -0.2) is 24.6 Å². The summed E-state index contributed by atoms with van der Waals surface area (Å²) in [5.74, 6) is 0. The molecule has 0 rings (SSSR count). The number of hydrogen-bond acceptors (Lipinski definition) is 0. The van der Waals surface area contributed by atoms with Gasteiger partial charge >= 0.3 is 0 Å². The zero-order valence-corrected chi connectivity index (χ0v) is 7.94. The third-order valence-electron chi connectivity index (χ3n) is 2.51. The minimum Gasteiger partial charge on any atom is -0.298 e. The van der Waals surface area contributed by atoms with E-state index in [0.717, 1.165) is 10.9 Å². The summed E-state index contributed by atoms with van der Waals surface area (Å²) < 4.78 is 0.941. The largest absolute Gasteiger partial charge is 0.298 e. The topological polar surface area (TPSA) is 0 Å². The molecule has 0 unspecified atom stereocenters. The molecule has 0 atom stereocenters. The molecule has 0 aromatic heterocycles. The van der Waals surface area contributed by atoms with Crippen LogP contribution in [-0.2, 0) is 0 Å². The molecule has 0 spiro atoms. The number of quaternary nitrogens is 1. The number of allylic oxidation sites excluding steroid dienone is 1. The minimum absolute atomic E-state index is 0.632. The summed E-state index contributed by atoms with van der Waals surface area (Å²) >= 11 is 0. The molecule has 1 heteroatoms. The SMILES string of the molecule is C=C(CC)[N+](C)(C)C(C)C. The third-order valence-corrected chi connectivity index (χ3v) is 2.51. The maximum Gasteiger partial charge on any atom is 0.101 e. The Morgan fingerprint density at radius 1 is 1.40 bits per heavy atom. The maximum atomic E-state index is 4.04. The lowest BCUT2D eigenvalue weighted by Crippen LogP contribution is -2.44. The molecule has 10 heavy (non-hydrogen) atoms. The summed E-state index contributed by atoms with van der Waals surface area (Å²) in [6, 6.07) is 0.632. The highest BCUT2D eigenvalue weighted by molar-refractivity contribution is 4.81. The molecule has 0 saturated heterocycles. The van der Waals surface area contributed by atoms with Crippen molar-refractivity contribution in [2.45, 2.75) is 33.2 Å². The average molecular weight is 142 g/mol. The van der Waals surface area contributed by atoms with Crippen molar-refractivity contribution in [2.24, 2.45) is 0 Å². The highest BCUT2D eigenvalue weighted by atomic mass is 15.3. The van der Waals surface area contributed by atoms with Gasteiger partial charge in [-0.05, 0) is 20.4 Å². The van der Waals surface area contributed by atoms with Gasteiger partial charge in [0.25, 0.3) is 0 Å². The highest BCUT2D eigenvalue weighted by Gasteiger charge is 2.22. The smallest absolute Gasteiger partial charge is 0.101 e. The molecule has 0 amide bonds. The second kappa shape index (κ2) is 3.20. The summed E-state index contributed by atoms with van der Waals surface area (Å²) in [7, 11) is 4.41. The number of hydrogen-bond donors (Lipinski definition) is 0. The van der Waals surface area contributed by atoms with Gasteiger partial charge in [0.05, 0.1) is 20.1 Å². The minimum atomic E-state index is 0.632. The molecule has 0 aliphatic carbocycles. The first-order chi connectivity index (χ1) is 4.42. The Labute approximate surface area is 64.9 Å². The van der Waals surface area contributed by atoms with Gasteiger partial charge in [-0.25, -0.2) is 0 Å². The second-order valence-corrected chi connectivity index (χ2v) is 3.55. The van der Waals surface area contributed by atoms with Gasteiger partial charge in [0, 0.05) is 6.42 Å². The van der Waals surface area contributed by atoms with Crippen molar-refractivity contribution in [3.63, 3.8) is 0 Å². The van der Waals surface area contributed by atoms with E-state index < -0.39 is 0 Å². The highest BCUT2D eigenvalue weighted by Crippen LogP contribution is 2.16. The Kier molecular flexibility index (Phi) is 3.10. The van der Waals surface area contributed by atoms with Crippen molar-refractivity contribution in [3.8, 4) is 0 Å². The zero-order chi connectivity index (χ0) is 8.36. The van der Waals surface area contributed by atoms with Crippen molar-refractivity contribution in [3.05, 3.63) is 12.3 Å². The fraction of sp³-hybridized carbons (Fsp3) is 0.778. The average Bonchev–Trinajstić information content (AvgIpc) is 1.86. The van der Waals surface area contributed by atoms with Crippen molar-refractivity contribution in [2.75, 3.05) is 14.1 Å². The first kappa shape index (κ1) is 9.70. The van der Waals surface area contributed by atoms with Crippen LogP contribution in [0, 0.1) is 0 Å². The van der Waals surface area contributed by atoms with Crippen LogP contribution < -0.4 is 0 Å². The predicted octanol–water partition coefficient (Wildman–Crippen LogP) is 2.39. The van der Waals surface area contributed by atoms with Crippen molar-refractivity contribution >= 4 is 0 Å². The molecule has 60 valence electrons. The van der Waals surface area contributed by atoms with Crippen molar-refractivity contribution in [1.82, 2.24) is 0 Å². The molecular weight excluding hydrogens is 122 g/mol. The number of rotatable bonds is 3. The van der Waals surface area contributed by atoms with Crippen LogP contribution in [0.2, 0.25) is 0 Å². The van der Waals surface area contributed by atoms with Crippen LogP contribution in [0.3, 0.4) is 0 Å². The van der Waals surface area contributed by atoms with E-state index in [0.29, 0.717) is 6.04 Å². The Hall–Kier alpha value is -0.300. The van der Waals surface area contributed by atoms with Gasteiger partial charge in [-0.15, -0.1) is 0 Å². The lowest BCUT2D eigenvalue weighted by molar-refractivity contribution is -0.875. The van der Waals surface area contributed by atoms with E-state index in [9.17, 15) is 0 Å². The lowest BCUT2D eigenvalue weighted by Gasteiger charge is -2.34. The molecule has 0 fully saturated rings. The molecule has 0 aromatic carbocycles. The van der Waals surface area contributed by atoms with E-state index in [1.807, 2.05) is 0 Å². The zero-order valence-electron chi connectivity index (χ0n) is 7.94. The summed E-state index contributed by atoms with van der Waals surface area (Å²) in [5, 5.41) is 0. The number of nitrogens with zero attached hydrogens (tertiary/aromatic N) is 1. The molecule has 0 bridgehead atoms. The van der Waals surface area contributed by atoms with Crippen molar-refractivity contribution < 1.29 is 4.48 Å². The quantitative estimate of drug-likeness (QED) is 0.531. The third kappa shape index (κ3) is 1.84. The van der Waals surface area contributed by atoms with Gasteiger partial charge in [0.15, 0.2) is 0 Å². The van der Waals surface area contributed by atoms with Gasteiger partial charge in [0.1, 0.15) is 5.70 Å². The fourth-order valence-electron chi connectivity index (χ4n) is 0.773. The van der Waals surface area contributed by atoms with Gasteiger partial charge in [-0.2, -0.15) is 0 Å². The van der Waals surface area contributed by atoms with Crippen LogP contribution in [0.25, 0.3) is 0 Å². The van der Waals surface area contributed by atoms with Crippen LogP contribution in [0.1, 0.15) is 27.2 Å². The fourth-order valence-corrected chi connectivity index (χ4v) is 0.773. The van der Waals surface area contributed by atoms with Gasteiger partial charge in [-0.1, -0.05) is 6.92 Å². The summed E-state index contributed by atoms with van der Waals surface area (Å²) in [6.45, 7) is 10.6. The normalized spacial score (nSPS) is 12.2. The monoisotopic (exact) mass is 142 g/mol. The Bertz CT molecular complexity index is 123. The molecule has 0 heterocycles. The van der Waals surface area contributed by atoms with E-state index in [1.54, 1.807) is 0 Å². The van der Waals surface area contributed by atoms with Crippen LogP contribution in [0.5, 0.6) is 0 Å². The Morgan fingerprint density at radius 2 is 1.80 bits per heavy atom. The van der Waals surface area contributed by atoms with E-state index in [2.05, 4.69) is 41.4 Å². The predicted molar refractivity (Wildman–Crippen MR) is 46.7 cm³/mol. The van der Waals surface area contributed by atoms with Gasteiger partial charge in [0.2, 0.25) is 0 Å². The first-order valence-electron chi connectivity index (χ1n) is 3.95. The van der Waals surface area contributed by atoms with Crippen molar-refractivity contribution in [1.29, 1.82) is 0 Å². The standard InChI is InChI=1S/C9H20N/c1-7-9(4)10(5,6)8(2)3/h8H,4,7H2,1-3,5-6H3/q+1. The lowest BCUT2D eigenvalue weighted by atomic mass is 10.2. The maximum absolute atomic E-state index is 4.04. The van der Waals surface area contributed by atoms with Crippen LogP contribution in [0.4, 0.5) is 0 Å². The van der Waals surface area contributed by atoms with E-state index in [4.69, 9.17) is 0 Å². The van der Waals surface area contributed by atoms with E-state index >= 15 is 0 Å². The molecule has 0 aliphatic heterocycles. The molecule has 0 radical (unpaired) electrons. The molecule has 0 aliphatic rings. The van der Waals surface area contributed by atoms with Crippen LogP contribution in [0.15, 0.2) is 12.3 Å². The summed E-state index contributed by atoms with van der Waals surface area (Å²) in [6.07, 6.45) is 1.07. The first-order valence-corrected chi connectivity index (χ1v) is 3.95. The molecule has 0 saturated carbocycles. The van der Waals surface area contributed by atoms with Gasteiger partial charge in [-0.3, -0.25) is 4.48 Å². The summed E-state index contributed by atoms with van der Waals surface area (Å²) in [4.78, 5) is 0. The molecular formula is C9H20N+.